The van der Waals surface area contributed by atoms with Crippen molar-refractivity contribution in [1.82, 2.24) is 0 Å². The fourth-order valence-electron chi connectivity index (χ4n) is 1.68. The predicted octanol–water partition coefficient (Wildman–Crippen LogP) is 5.03. The van der Waals surface area contributed by atoms with Crippen LogP contribution in [0, 0.1) is 0 Å². The molecule has 0 aliphatic heterocycles. The van der Waals surface area contributed by atoms with Crippen LogP contribution >= 0.6 is 11.6 Å². The summed E-state index contributed by atoms with van der Waals surface area (Å²) in [7, 11) is 0. The van der Waals surface area contributed by atoms with Crippen molar-refractivity contribution in [1.29, 1.82) is 0 Å². The van der Waals surface area contributed by atoms with Gasteiger partial charge in [0.1, 0.15) is 0 Å². The molecule has 0 radical (unpaired) electrons. The molecule has 0 nitrogen and oxygen atoms in total. The average Bonchev–Trinajstić information content (AvgIpc) is 2.24. The zero-order valence-electron chi connectivity index (χ0n) is 9.21. The molecule has 0 aliphatic carbocycles. The van der Waals surface area contributed by atoms with E-state index in [2.05, 4.69) is 0 Å². The summed E-state index contributed by atoms with van der Waals surface area (Å²) in [6, 6.07) is 0.980. The van der Waals surface area contributed by atoms with E-state index in [1.54, 1.807) is 0 Å². The molecule has 1 rings (SSSR count). The van der Waals surface area contributed by atoms with Gasteiger partial charge in [-0.15, -0.1) is 11.6 Å². The maximum Gasteiger partial charge on any atom is 0.416 e. The molecule has 0 fully saturated rings. The first kappa shape index (κ1) is 15.1. The first-order valence-corrected chi connectivity index (χ1v) is 5.50. The van der Waals surface area contributed by atoms with Crippen LogP contribution in [0.25, 0.3) is 0 Å². The molecule has 7 heteroatoms. The second kappa shape index (κ2) is 4.99. The van der Waals surface area contributed by atoms with Crippen LogP contribution < -0.4 is 0 Å². The summed E-state index contributed by atoms with van der Waals surface area (Å²) in [5.41, 5.74) is -3.11. The normalized spacial score (nSPS) is 12.9. The van der Waals surface area contributed by atoms with Gasteiger partial charge in [-0.2, -0.15) is 26.3 Å². The van der Waals surface area contributed by atoms with Crippen LogP contribution in [-0.2, 0) is 24.7 Å². The van der Waals surface area contributed by atoms with Crippen molar-refractivity contribution in [3.8, 4) is 0 Å². The SMILES string of the molecule is CCc1cc(C(F)(F)F)cc(CCl)c1C(F)(F)F. The van der Waals surface area contributed by atoms with Crippen LogP contribution in [0.3, 0.4) is 0 Å². The lowest BCUT2D eigenvalue weighted by Crippen LogP contribution is -2.15. The lowest BCUT2D eigenvalue weighted by molar-refractivity contribution is -0.142. The number of halogens is 7. The van der Waals surface area contributed by atoms with Gasteiger partial charge in [-0.25, -0.2) is 0 Å². The van der Waals surface area contributed by atoms with Gasteiger partial charge < -0.3 is 0 Å². The molecule has 0 atom stereocenters. The van der Waals surface area contributed by atoms with Crippen molar-refractivity contribution >= 4 is 11.6 Å². The van der Waals surface area contributed by atoms with Gasteiger partial charge in [0.25, 0.3) is 0 Å². The first-order valence-electron chi connectivity index (χ1n) is 4.97. The summed E-state index contributed by atoms with van der Waals surface area (Å²) in [5, 5.41) is 0. The maximum absolute atomic E-state index is 12.8. The Morgan fingerprint density at radius 1 is 0.944 bits per heavy atom. The smallest absolute Gasteiger partial charge is 0.166 e. The molecular formula is C11H9ClF6. The summed E-state index contributed by atoms with van der Waals surface area (Å²) < 4.78 is 75.9. The Morgan fingerprint density at radius 2 is 1.44 bits per heavy atom. The van der Waals surface area contributed by atoms with Gasteiger partial charge in [-0.3, -0.25) is 0 Å². The number of hydrogen-bond donors (Lipinski definition) is 0. The van der Waals surface area contributed by atoms with Crippen LogP contribution in [0.15, 0.2) is 12.1 Å². The average molecular weight is 291 g/mol. The quantitative estimate of drug-likeness (QED) is 0.529. The van der Waals surface area contributed by atoms with Gasteiger partial charge in [0, 0.05) is 5.88 Å². The minimum atomic E-state index is -4.71. The number of hydrogen-bond acceptors (Lipinski definition) is 0. The Labute approximate surface area is 105 Å². The van der Waals surface area contributed by atoms with Crippen LogP contribution in [-0.4, -0.2) is 0 Å². The van der Waals surface area contributed by atoms with Crippen LogP contribution in [0.1, 0.15) is 29.2 Å². The summed E-state index contributed by atoms with van der Waals surface area (Å²) in [6.07, 6.45) is -9.54. The highest BCUT2D eigenvalue weighted by Crippen LogP contribution is 2.39. The number of alkyl halides is 7. The van der Waals surface area contributed by atoms with Gasteiger partial charge in [0.2, 0.25) is 0 Å². The number of aryl methyl sites for hydroxylation is 1. The van der Waals surface area contributed by atoms with Gasteiger partial charge in [0.15, 0.2) is 0 Å². The fraction of sp³-hybridized carbons (Fsp3) is 0.455. The minimum absolute atomic E-state index is 0.150. The highest BCUT2D eigenvalue weighted by Gasteiger charge is 2.39. The topological polar surface area (TPSA) is 0 Å². The third-order valence-corrected chi connectivity index (χ3v) is 2.73. The molecule has 1 aromatic carbocycles. The largest absolute Gasteiger partial charge is 0.416 e. The van der Waals surface area contributed by atoms with Gasteiger partial charge in [-0.1, -0.05) is 6.92 Å². The molecule has 0 aliphatic rings. The maximum atomic E-state index is 12.8. The Morgan fingerprint density at radius 3 is 1.78 bits per heavy atom. The van der Waals surface area contributed by atoms with Crippen LogP contribution in [0.2, 0.25) is 0 Å². The third kappa shape index (κ3) is 3.10. The van der Waals surface area contributed by atoms with Crippen molar-refractivity contribution in [2.24, 2.45) is 0 Å². The molecule has 0 aromatic heterocycles. The Kier molecular flexibility index (Phi) is 4.20. The lowest BCUT2D eigenvalue weighted by Gasteiger charge is -2.18. The standard InChI is InChI=1S/C11H9ClF6/c1-2-6-3-8(10(13,14)15)4-7(5-12)9(6)11(16,17)18/h3-4H,2,5H2,1H3. The molecule has 0 heterocycles. The zero-order chi connectivity index (χ0) is 14.1. The van der Waals surface area contributed by atoms with Crippen molar-refractivity contribution in [3.63, 3.8) is 0 Å². The van der Waals surface area contributed by atoms with Crippen molar-refractivity contribution < 1.29 is 26.3 Å². The Balaban J connectivity index is 3.55. The highest BCUT2D eigenvalue weighted by atomic mass is 35.5. The summed E-state index contributed by atoms with van der Waals surface area (Å²) in [4.78, 5) is 0. The second-order valence-electron chi connectivity index (χ2n) is 3.65. The Hall–Kier alpha value is -0.910. The molecule has 0 unspecified atom stereocenters. The molecule has 0 saturated carbocycles. The van der Waals surface area contributed by atoms with E-state index in [4.69, 9.17) is 11.6 Å². The van der Waals surface area contributed by atoms with E-state index in [-0.39, 0.29) is 6.42 Å². The predicted molar refractivity (Wildman–Crippen MR) is 55.4 cm³/mol. The summed E-state index contributed by atoms with van der Waals surface area (Å²) in [5.74, 6) is -0.619. The fourth-order valence-corrected chi connectivity index (χ4v) is 1.89. The van der Waals surface area contributed by atoms with Crippen molar-refractivity contribution in [2.45, 2.75) is 31.6 Å². The minimum Gasteiger partial charge on any atom is -0.166 e. The number of benzene rings is 1. The van der Waals surface area contributed by atoms with E-state index in [1.165, 1.54) is 6.92 Å². The monoisotopic (exact) mass is 290 g/mol. The van der Waals surface area contributed by atoms with E-state index in [0.29, 0.717) is 12.1 Å². The Bertz CT molecular complexity index is 407. The summed E-state index contributed by atoms with van der Waals surface area (Å²) in [6.45, 7) is 1.36. The van der Waals surface area contributed by atoms with Gasteiger partial charge in [0.05, 0.1) is 11.1 Å². The first-order chi connectivity index (χ1) is 8.11. The van der Waals surface area contributed by atoms with Crippen LogP contribution in [0.5, 0.6) is 0 Å². The lowest BCUT2D eigenvalue weighted by atomic mass is 9.96. The zero-order valence-corrected chi connectivity index (χ0v) is 9.97. The second-order valence-corrected chi connectivity index (χ2v) is 3.92. The van der Waals surface area contributed by atoms with E-state index < -0.39 is 40.5 Å². The molecule has 1 aromatic rings. The van der Waals surface area contributed by atoms with E-state index in [1.807, 2.05) is 0 Å². The van der Waals surface area contributed by atoms with Gasteiger partial charge in [-0.05, 0) is 29.7 Å². The molecule has 102 valence electrons. The molecule has 0 spiro atoms. The molecule has 0 N–H and O–H groups in total. The summed E-state index contributed by atoms with van der Waals surface area (Å²) >= 11 is 5.32. The van der Waals surface area contributed by atoms with Crippen molar-refractivity contribution in [2.75, 3.05) is 0 Å². The molecule has 18 heavy (non-hydrogen) atoms. The van der Waals surface area contributed by atoms with E-state index >= 15 is 0 Å². The number of rotatable bonds is 2. The van der Waals surface area contributed by atoms with Gasteiger partial charge >= 0.3 is 12.4 Å². The third-order valence-electron chi connectivity index (χ3n) is 2.44. The van der Waals surface area contributed by atoms with Crippen molar-refractivity contribution in [3.05, 3.63) is 34.4 Å². The highest BCUT2D eigenvalue weighted by molar-refractivity contribution is 6.17. The molecule has 0 amide bonds. The molecule has 0 bridgehead atoms. The van der Waals surface area contributed by atoms with E-state index in [9.17, 15) is 26.3 Å². The van der Waals surface area contributed by atoms with E-state index in [0.717, 1.165) is 0 Å². The van der Waals surface area contributed by atoms with Crippen LogP contribution in [0.4, 0.5) is 26.3 Å². The molecule has 0 saturated heterocycles. The molecular weight excluding hydrogens is 282 g/mol.